The van der Waals surface area contributed by atoms with Crippen LogP contribution in [0.15, 0.2) is 84.9 Å². The number of benzene rings is 3. The number of nitrogens with one attached hydrogen (secondary N) is 1. The van der Waals surface area contributed by atoms with Gasteiger partial charge in [-0.25, -0.2) is 4.98 Å². The fourth-order valence-electron chi connectivity index (χ4n) is 3.26. The van der Waals surface area contributed by atoms with Crippen molar-refractivity contribution >= 4 is 16.8 Å². The Labute approximate surface area is 152 Å². The molecule has 1 amide bonds. The average Bonchev–Trinajstić information content (AvgIpc) is 2.73. The van der Waals surface area contributed by atoms with E-state index in [4.69, 9.17) is 4.98 Å². The van der Waals surface area contributed by atoms with E-state index in [0.29, 0.717) is 5.56 Å². The molecule has 4 aromatic rings. The van der Waals surface area contributed by atoms with Crippen molar-refractivity contribution in [2.45, 2.75) is 0 Å². The molecule has 0 aliphatic carbocycles. The molecule has 4 rings (SSSR count). The van der Waals surface area contributed by atoms with E-state index in [-0.39, 0.29) is 5.91 Å². The average molecular weight is 338 g/mol. The molecule has 0 fully saturated rings. The zero-order valence-electron chi connectivity index (χ0n) is 14.4. The Bertz CT molecular complexity index is 1070. The lowest BCUT2D eigenvalue weighted by molar-refractivity contribution is 0.0965. The van der Waals surface area contributed by atoms with Gasteiger partial charge in [0.15, 0.2) is 0 Å². The van der Waals surface area contributed by atoms with E-state index < -0.39 is 0 Å². The second kappa shape index (κ2) is 6.81. The lowest BCUT2D eigenvalue weighted by atomic mass is 9.91. The lowest BCUT2D eigenvalue weighted by Gasteiger charge is -2.17. The molecule has 0 saturated heterocycles. The molecule has 3 nitrogen and oxygen atoms in total. The maximum Gasteiger partial charge on any atom is 0.252 e. The molecule has 0 aliphatic heterocycles. The number of amides is 1. The number of rotatable bonds is 3. The summed E-state index contributed by atoms with van der Waals surface area (Å²) in [6, 6.07) is 27.8. The van der Waals surface area contributed by atoms with E-state index in [2.05, 4.69) is 5.32 Å². The molecule has 0 saturated carbocycles. The summed E-state index contributed by atoms with van der Waals surface area (Å²) in [4.78, 5) is 17.8. The van der Waals surface area contributed by atoms with Gasteiger partial charge in [0.25, 0.3) is 5.91 Å². The van der Waals surface area contributed by atoms with Crippen molar-refractivity contribution in [3.63, 3.8) is 0 Å². The number of pyridine rings is 1. The summed E-state index contributed by atoms with van der Waals surface area (Å²) < 4.78 is 0. The number of carbonyl (C=O) groups is 1. The Hall–Kier alpha value is -3.46. The maximum atomic E-state index is 12.9. The summed E-state index contributed by atoms with van der Waals surface area (Å²) in [5, 5.41) is 3.65. The molecule has 1 aromatic heterocycles. The summed E-state index contributed by atoms with van der Waals surface area (Å²) in [5.41, 5.74) is 5.10. The van der Waals surface area contributed by atoms with Crippen LogP contribution >= 0.6 is 0 Å². The van der Waals surface area contributed by atoms with Gasteiger partial charge in [0, 0.05) is 23.6 Å². The van der Waals surface area contributed by atoms with E-state index in [1.807, 2.05) is 84.9 Å². The Morgan fingerprint density at radius 2 is 1.35 bits per heavy atom. The van der Waals surface area contributed by atoms with Gasteiger partial charge in [-0.05, 0) is 11.6 Å². The predicted octanol–water partition coefficient (Wildman–Crippen LogP) is 4.93. The summed E-state index contributed by atoms with van der Waals surface area (Å²) in [5.74, 6) is -0.111. The first-order valence-electron chi connectivity index (χ1n) is 8.55. The van der Waals surface area contributed by atoms with Crippen molar-refractivity contribution < 1.29 is 4.79 Å². The topological polar surface area (TPSA) is 42.0 Å². The Morgan fingerprint density at radius 1 is 0.769 bits per heavy atom. The van der Waals surface area contributed by atoms with Crippen molar-refractivity contribution in [1.82, 2.24) is 10.3 Å². The molecule has 126 valence electrons. The maximum absolute atomic E-state index is 12.9. The van der Waals surface area contributed by atoms with Crippen LogP contribution in [0.1, 0.15) is 10.4 Å². The molecule has 3 heteroatoms. The molecule has 3 aromatic carbocycles. The highest BCUT2D eigenvalue weighted by atomic mass is 16.1. The van der Waals surface area contributed by atoms with Gasteiger partial charge in [-0.3, -0.25) is 4.79 Å². The molecule has 0 atom stereocenters. The van der Waals surface area contributed by atoms with Gasteiger partial charge in [-0.15, -0.1) is 0 Å². The number of carbonyl (C=O) groups excluding carboxylic acids is 1. The van der Waals surface area contributed by atoms with Crippen molar-refractivity contribution in [1.29, 1.82) is 0 Å². The van der Waals surface area contributed by atoms with Crippen molar-refractivity contribution in [3.05, 3.63) is 90.5 Å². The molecule has 0 bridgehead atoms. The van der Waals surface area contributed by atoms with Crippen molar-refractivity contribution in [2.24, 2.45) is 0 Å². The van der Waals surface area contributed by atoms with E-state index in [0.717, 1.165) is 33.3 Å². The molecule has 1 heterocycles. The van der Waals surface area contributed by atoms with E-state index in [1.54, 1.807) is 7.05 Å². The molecular formula is C23H18N2O. The number of para-hydroxylation sites is 1. The summed E-state index contributed by atoms with van der Waals surface area (Å²) in [6.07, 6.45) is 0. The normalized spacial score (nSPS) is 10.7. The van der Waals surface area contributed by atoms with Crippen LogP contribution in [0.5, 0.6) is 0 Å². The highest BCUT2D eigenvalue weighted by molar-refractivity contribution is 6.14. The fraction of sp³-hybridized carbons (Fsp3) is 0.0435. The summed E-state index contributed by atoms with van der Waals surface area (Å²) >= 11 is 0. The van der Waals surface area contributed by atoms with Crippen LogP contribution in [0.25, 0.3) is 33.3 Å². The van der Waals surface area contributed by atoms with Crippen LogP contribution in [0, 0.1) is 0 Å². The standard InChI is InChI=1S/C23H18N2O/c1-24-23(26)21-18-14-8-9-15-19(18)25-22(17-12-6-3-7-13-17)20(21)16-10-4-2-5-11-16/h2-15H,1H3,(H,24,26). The monoisotopic (exact) mass is 338 g/mol. The van der Waals surface area contributed by atoms with Crippen LogP contribution in [-0.4, -0.2) is 17.9 Å². The SMILES string of the molecule is CNC(=O)c1c(-c2ccccc2)c(-c2ccccc2)nc2ccccc12. The molecule has 26 heavy (non-hydrogen) atoms. The molecule has 0 unspecified atom stereocenters. The number of fused-ring (bicyclic) bond motifs is 1. The van der Waals surface area contributed by atoms with Gasteiger partial charge in [0.1, 0.15) is 0 Å². The van der Waals surface area contributed by atoms with Gasteiger partial charge in [-0.1, -0.05) is 78.9 Å². The van der Waals surface area contributed by atoms with Crippen molar-refractivity contribution in [2.75, 3.05) is 7.05 Å². The third kappa shape index (κ3) is 2.74. The Balaban J connectivity index is 2.17. The Kier molecular flexibility index (Phi) is 4.20. The third-order valence-corrected chi connectivity index (χ3v) is 4.46. The minimum absolute atomic E-state index is 0.111. The van der Waals surface area contributed by atoms with Crippen LogP contribution < -0.4 is 5.32 Å². The first-order valence-corrected chi connectivity index (χ1v) is 8.55. The summed E-state index contributed by atoms with van der Waals surface area (Å²) in [7, 11) is 1.66. The highest BCUT2D eigenvalue weighted by Gasteiger charge is 2.21. The van der Waals surface area contributed by atoms with E-state index in [9.17, 15) is 4.79 Å². The van der Waals surface area contributed by atoms with Crippen LogP contribution in [-0.2, 0) is 0 Å². The largest absolute Gasteiger partial charge is 0.355 e. The van der Waals surface area contributed by atoms with Crippen LogP contribution in [0.4, 0.5) is 0 Å². The van der Waals surface area contributed by atoms with Crippen LogP contribution in [0.3, 0.4) is 0 Å². The summed E-state index contributed by atoms with van der Waals surface area (Å²) in [6.45, 7) is 0. The van der Waals surface area contributed by atoms with E-state index >= 15 is 0 Å². The molecule has 1 N–H and O–H groups in total. The second-order valence-electron chi connectivity index (χ2n) is 6.04. The lowest BCUT2D eigenvalue weighted by Crippen LogP contribution is -2.20. The smallest absolute Gasteiger partial charge is 0.252 e. The molecule has 0 aliphatic rings. The van der Waals surface area contributed by atoms with Gasteiger partial charge >= 0.3 is 0 Å². The van der Waals surface area contributed by atoms with Gasteiger partial charge in [0.05, 0.1) is 16.8 Å². The number of hydrogen-bond acceptors (Lipinski definition) is 2. The highest BCUT2D eigenvalue weighted by Crippen LogP contribution is 2.37. The van der Waals surface area contributed by atoms with Gasteiger partial charge in [-0.2, -0.15) is 0 Å². The first-order chi connectivity index (χ1) is 12.8. The zero-order valence-corrected chi connectivity index (χ0v) is 14.4. The Morgan fingerprint density at radius 3 is 2.00 bits per heavy atom. The third-order valence-electron chi connectivity index (χ3n) is 4.46. The quantitative estimate of drug-likeness (QED) is 0.575. The predicted molar refractivity (Wildman–Crippen MR) is 106 cm³/mol. The van der Waals surface area contributed by atoms with Gasteiger partial charge in [0.2, 0.25) is 0 Å². The first kappa shape index (κ1) is 16.0. The minimum atomic E-state index is -0.111. The minimum Gasteiger partial charge on any atom is -0.355 e. The van der Waals surface area contributed by atoms with Crippen molar-refractivity contribution in [3.8, 4) is 22.4 Å². The van der Waals surface area contributed by atoms with E-state index in [1.165, 1.54) is 0 Å². The van der Waals surface area contributed by atoms with Crippen LogP contribution in [0.2, 0.25) is 0 Å². The molecule has 0 radical (unpaired) electrons. The molecule has 0 spiro atoms. The zero-order chi connectivity index (χ0) is 17.9. The number of aromatic nitrogens is 1. The fourth-order valence-corrected chi connectivity index (χ4v) is 3.26. The second-order valence-corrected chi connectivity index (χ2v) is 6.04. The van der Waals surface area contributed by atoms with Gasteiger partial charge < -0.3 is 5.32 Å². The number of hydrogen-bond donors (Lipinski definition) is 1. The molecular weight excluding hydrogens is 320 g/mol. The number of nitrogens with zero attached hydrogens (tertiary/aromatic N) is 1.